The van der Waals surface area contributed by atoms with Gasteiger partial charge in [-0.2, -0.15) is 0 Å². The van der Waals surface area contributed by atoms with Gasteiger partial charge in [-0.3, -0.25) is 14.4 Å². The van der Waals surface area contributed by atoms with Gasteiger partial charge in [0.2, 0.25) is 11.6 Å². The first-order chi connectivity index (χ1) is 18.9. The molecule has 2 aliphatic heterocycles. The van der Waals surface area contributed by atoms with Crippen molar-refractivity contribution in [3.8, 4) is 0 Å². The Bertz CT molecular complexity index is 1200. The molecule has 0 spiro atoms. The maximum atomic E-state index is 13.7. The molecule has 1 saturated heterocycles. The molecule has 4 bridgehead atoms. The van der Waals surface area contributed by atoms with Crippen molar-refractivity contribution in [3.63, 3.8) is 0 Å². The van der Waals surface area contributed by atoms with Gasteiger partial charge in [-0.25, -0.2) is 4.79 Å². The van der Waals surface area contributed by atoms with Crippen molar-refractivity contribution in [1.82, 2.24) is 5.32 Å². The number of ether oxygens (including phenoxy) is 5. The van der Waals surface area contributed by atoms with E-state index in [4.69, 9.17) is 29.4 Å². The van der Waals surface area contributed by atoms with Crippen LogP contribution >= 0.6 is 0 Å². The number of hydrogen-bond donors (Lipinski definition) is 2. The highest BCUT2D eigenvalue weighted by molar-refractivity contribution is 6.23. The highest BCUT2D eigenvalue weighted by Crippen LogP contribution is 2.38. The van der Waals surface area contributed by atoms with E-state index in [9.17, 15) is 19.2 Å². The van der Waals surface area contributed by atoms with Crippen LogP contribution in [-0.4, -0.2) is 75.4 Å². The molecule has 3 aliphatic rings. The minimum Gasteiger partial charge on any atom is -0.492 e. The predicted molar refractivity (Wildman–Crippen MR) is 145 cm³/mol. The number of carbonyl (C=O) groups is 4. The fourth-order valence-corrected chi connectivity index (χ4v) is 5.32. The van der Waals surface area contributed by atoms with Crippen LogP contribution in [0.15, 0.2) is 58.6 Å². The Labute approximate surface area is 234 Å². The van der Waals surface area contributed by atoms with Crippen LogP contribution in [0.3, 0.4) is 0 Å². The maximum absolute atomic E-state index is 13.7. The number of methoxy groups -OCH3 is 3. The lowest BCUT2D eigenvalue weighted by molar-refractivity contribution is -0.155. The van der Waals surface area contributed by atoms with E-state index < -0.39 is 48.0 Å². The predicted octanol–water partition coefficient (Wildman–Crippen LogP) is 2.42. The Kier molecular flexibility index (Phi) is 10.2. The second-order valence-electron chi connectivity index (χ2n) is 10.2. The van der Waals surface area contributed by atoms with Crippen molar-refractivity contribution < 1.29 is 42.9 Å². The van der Waals surface area contributed by atoms with Crippen LogP contribution < -0.4 is 11.1 Å². The van der Waals surface area contributed by atoms with Gasteiger partial charge in [-0.05, 0) is 31.8 Å². The van der Waals surface area contributed by atoms with Gasteiger partial charge in [-0.15, -0.1) is 0 Å². The van der Waals surface area contributed by atoms with E-state index in [1.165, 1.54) is 20.3 Å². The lowest BCUT2D eigenvalue weighted by Crippen LogP contribution is -2.50. The van der Waals surface area contributed by atoms with Crippen LogP contribution in [0.25, 0.3) is 0 Å². The van der Waals surface area contributed by atoms with E-state index in [-0.39, 0.29) is 40.5 Å². The molecule has 0 saturated carbocycles. The number of amides is 2. The Morgan fingerprint density at radius 2 is 1.80 bits per heavy atom. The first-order valence-electron chi connectivity index (χ1n) is 13.0. The minimum absolute atomic E-state index is 0.0467. The highest BCUT2D eigenvalue weighted by atomic mass is 16.6. The van der Waals surface area contributed by atoms with Gasteiger partial charge < -0.3 is 34.7 Å². The van der Waals surface area contributed by atoms with Crippen LogP contribution in [0.2, 0.25) is 0 Å². The third kappa shape index (κ3) is 6.60. The van der Waals surface area contributed by atoms with Gasteiger partial charge in [0.1, 0.15) is 6.10 Å². The Hall–Kier alpha value is -3.54. The van der Waals surface area contributed by atoms with Gasteiger partial charge >= 0.3 is 6.09 Å². The molecule has 2 heterocycles. The molecule has 0 aromatic heterocycles. The first kappa shape index (κ1) is 31.0. The van der Waals surface area contributed by atoms with E-state index in [0.29, 0.717) is 12.0 Å². The number of carbonyl (C=O) groups excluding carboxylic acids is 4. The van der Waals surface area contributed by atoms with Gasteiger partial charge in [-0.1, -0.05) is 38.2 Å². The third-order valence-electron chi connectivity index (χ3n) is 7.38. The summed E-state index contributed by atoms with van der Waals surface area (Å²) in [4.78, 5) is 51.4. The van der Waals surface area contributed by atoms with Crippen molar-refractivity contribution in [2.45, 2.75) is 64.6 Å². The number of ketones is 2. The van der Waals surface area contributed by atoms with E-state index >= 15 is 0 Å². The van der Waals surface area contributed by atoms with Gasteiger partial charge in [0.15, 0.2) is 11.9 Å². The van der Waals surface area contributed by atoms with Crippen molar-refractivity contribution in [3.05, 3.63) is 58.6 Å². The highest BCUT2D eigenvalue weighted by Gasteiger charge is 2.45. The van der Waals surface area contributed by atoms with Gasteiger partial charge in [0, 0.05) is 31.8 Å². The van der Waals surface area contributed by atoms with Crippen molar-refractivity contribution in [2.75, 3.05) is 21.3 Å². The Balaban J connectivity index is 2.19. The van der Waals surface area contributed by atoms with Crippen LogP contribution in [-0.2, 0) is 38.1 Å². The summed E-state index contributed by atoms with van der Waals surface area (Å²) in [6.07, 6.45) is 3.87. The zero-order valence-corrected chi connectivity index (χ0v) is 23.9. The first-order valence-corrected chi connectivity index (χ1v) is 13.0. The minimum atomic E-state index is -0.974. The summed E-state index contributed by atoms with van der Waals surface area (Å²) >= 11 is 0. The van der Waals surface area contributed by atoms with Gasteiger partial charge in [0.05, 0.1) is 36.7 Å². The van der Waals surface area contributed by atoms with E-state index in [0.717, 1.165) is 6.08 Å². The van der Waals surface area contributed by atoms with Crippen LogP contribution in [0.1, 0.15) is 34.1 Å². The summed E-state index contributed by atoms with van der Waals surface area (Å²) in [5.74, 6) is -2.35. The third-order valence-corrected chi connectivity index (χ3v) is 7.38. The quantitative estimate of drug-likeness (QED) is 0.391. The molecular weight excluding hydrogens is 520 g/mol. The summed E-state index contributed by atoms with van der Waals surface area (Å²) < 4.78 is 28.7. The van der Waals surface area contributed by atoms with Crippen molar-refractivity contribution in [2.24, 2.45) is 17.6 Å². The number of allylic oxidation sites excluding steroid dienone is 4. The van der Waals surface area contributed by atoms with Crippen molar-refractivity contribution >= 4 is 23.6 Å². The summed E-state index contributed by atoms with van der Waals surface area (Å²) in [5.41, 5.74) is 6.15. The molecule has 2 amide bonds. The molecule has 218 valence electrons. The zero-order valence-electron chi connectivity index (χ0n) is 23.9. The summed E-state index contributed by atoms with van der Waals surface area (Å²) in [6, 6.07) is 0. The molecule has 11 nitrogen and oxygen atoms in total. The lowest BCUT2D eigenvalue weighted by Gasteiger charge is -2.43. The molecule has 11 heteroatoms. The smallest absolute Gasteiger partial charge is 0.405 e. The molecule has 1 aliphatic carbocycles. The molecule has 0 aromatic carbocycles. The number of primary amides is 1. The Morgan fingerprint density at radius 3 is 2.40 bits per heavy atom. The van der Waals surface area contributed by atoms with E-state index in [1.54, 1.807) is 33.1 Å². The van der Waals surface area contributed by atoms with Crippen LogP contribution in [0, 0.1) is 11.8 Å². The molecule has 3 N–H and O–H groups in total. The topological polar surface area (TPSA) is 152 Å². The number of nitrogens with one attached hydrogen (secondary N) is 1. The number of hydrogen-bond acceptors (Lipinski definition) is 9. The molecule has 0 aromatic rings. The molecule has 0 radical (unpaired) electrons. The average Bonchev–Trinajstić information content (AvgIpc) is 2.90. The second-order valence-corrected chi connectivity index (χ2v) is 10.2. The van der Waals surface area contributed by atoms with Crippen LogP contribution in [0.4, 0.5) is 4.79 Å². The fourth-order valence-electron chi connectivity index (χ4n) is 5.32. The average molecular weight is 559 g/mol. The largest absolute Gasteiger partial charge is 0.492 e. The summed E-state index contributed by atoms with van der Waals surface area (Å²) in [6.45, 7) is 7.14. The maximum Gasteiger partial charge on any atom is 0.405 e. The van der Waals surface area contributed by atoms with Gasteiger partial charge in [0.25, 0.3) is 5.91 Å². The molecule has 40 heavy (non-hydrogen) atoms. The Morgan fingerprint density at radius 1 is 1.10 bits per heavy atom. The van der Waals surface area contributed by atoms with Crippen molar-refractivity contribution in [1.29, 1.82) is 0 Å². The molecule has 7 unspecified atom stereocenters. The summed E-state index contributed by atoms with van der Waals surface area (Å²) in [7, 11) is 4.36. The number of Topliss-reactive ketones (excluding diaryl/α,β-unsaturated/α-hetero) is 1. The number of nitrogens with two attached hydrogens (primary N) is 1. The fraction of sp³-hybridized carbons (Fsp3) is 0.517. The molecule has 1 fully saturated rings. The standard InChI is InChI=1S/C29H38N2O9/c1-14-9-8-10-20(36-5)24(40-29(30)35)15(2)11-16(3)25-21(37-6)12-17(4)26(39-25)22-23(33)18(31-28(14)34)13-19(32)27(22)38-7/h8-11,13,16-17,20-21,24-26H,12H2,1-7H3,(H2,30,35)(H,31,34)/b10-8-,14-9+,15-11+. The number of rotatable bonds is 4. The summed E-state index contributed by atoms with van der Waals surface area (Å²) in [5, 5.41) is 2.55. The van der Waals surface area contributed by atoms with E-state index in [1.807, 2.05) is 19.9 Å². The number of fused-ring (bicyclic) bond motifs is 5. The lowest BCUT2D eigenvalue weighted by atomic mass is 9.80. The van der Waals surface area contributed by atoms with E-state index in [2.05, 4.69) is 5.32 Å². The normalized spacial score (nSPS) is 35.3. The zero-order chi connectivity index (χ0) is 29.7. The molecular formula is C29H38N2O9. The van der Waals surface area contributed by atoms with Crippen LogP contribution in [0.5, 0.6) is 0 Å². The SMILES string of the molecule is COC1=C2C(=O)C(=CC1=O)NC(=O)/C(C)=C/C=C\C(OC)C(OC(N)=O)/C(C)=C/C(C)C1OC2C(C)CC1OC. The molecule has 3 rings (SSSR count). The molecule has 7 atom stereocenters. The monoisotopic (exact) mass is 558 g/mol. The second kappa shape index (κ2) is 13.2.